The van der Waals surface area contributed by atoms with Crippen molar-refractivity contribution in [1.82, 2.24) is 0 Å². The van der Waals surface area contributed by atoms with Gasteiger partial charge in [0.25, 0.3) is 0 Å². The third-order valence-corrected chi connectivity index (χ3v) is 1.12. The van der Waals surface area contributed by atoms with Crippen LogP contribution in [0.3, 0.4) is 0 Å². The minimum atomic E-state index is -2.97. The lowest BCUT2D eigenvalue weighted by Crippen LogP contribution is -2.02. The molecular weight excluding hydrogens is 171 g/mol. The van der Waals surface area contributed by atoms with Crippen LogP contribution in [-0.2, 0) is 0 Å². The van der Waals surface area contributed by atoms with Crippen LogP contribution in [0.1, 0.15) is 0 Å². The van der Waals surface area contributed by atoms with E-state index in [-0.39, 0.29) is 11.4 Å². The number of nitrogen functional groups attached to an aromatic ring is 1. The molecule has 0 spiro atoms. The predicted octanol–water partition coefficient (Wildman–Crippen LogP) is 2.01. The van der Waals surface area contributed by atoms with Gasteiger partial charge in [-0.1, -0.05) is 0 Å². The van der Waals surface area contributed by atoms with Gasteiger partial charge in [0.1, 0.15) is 11.6 Å². The Labute approximate surface area is 66.7 Å². The second kappa shape index (κ2) is 3.34. The standard InChI is InChI=1S/C7H6F3NO/c8-4-1-5(11)3-6(2-4)12-7(9)10/h1-3,7H,11H2. The molecule has 0 aliphatic rings. The van der Waals surface area contributed by atoms with Crippen molar-refractivity contribution in [3.8, 4) is 5.75 Å². The summed E-state index contributed by atoms with van der Waals surface area (Å²) in [5, 5.41) is 0. The van der Waals surface area contributed by atoms with Crippen LogP contribution in [-0.4, -0.2) is 6.61 Å². The van der Waals surface area contributed by atoms with Gasteiger partial charge in [-0.05, 0) is 6.07 Å². The van der Waals surface area contributed by atoms with Crippen molar-refractivity contribution in [2.75, 3.05) is 5.73 Å². The number of alkyl halides is 2. The van der Waals surface area contributed by atoms with Crippen molar-refractivity contribution in [1.29, 1.82) is 0 Å². The molecular formula is C7H6F3NO. The number of benzene rings is 1. The Morgan fingerprint density at radius 3 is 2.42 bits per heavy atom. The first kappa shape index (κ1) is 8.70. The highest BCUT2D eigenvalue weighted by atomic mass is 19.3. The van der Waals surface area contributed by atoms with Gasteiger partial charge >= 0.3 is 6.61 Å². The average molecular weight is 177 g/mol. The summed E-state index contributed by atoms with van der Waals surface area (Å²) < 4.78 is 39.6. The molecule has 0 amide bonds. The molecule has 12 heavy (non-hydrogen) atoms. The minimum Gasteiger partial charge on any atom is -0.435 e. The Balaban J connectivity index is 2.85. The zero-order valence-electron chi connectivity index (χ0n) is 5.93. The zero-order chi connectivity index (χ0) is 9.14. The number of nitrogens with two attached hydrogens (primary N) is 1. The molecule has 1 aromatic rings. The molecule has 0 aliphatic heterocycles. The lowest BCUT2D eigenvalue weighted by Gasteiger charge is -2.04. The molecule has 0 heterocycles. The predicted molar refractivity (Wildman–Crippen MR) is 37.4 cm³/mol. The molecule has 2 nitrogen and oxygen atoms in total. The van der Waals surface area contributed by atoms with Crippen molar-refractivity contribution in [2.24, 2.45) is 0 Å². The molecule has 0 atom stereocenters. The van der Waals surface area contributed by atoms with Crippen molar-refractivity contribution in [3.63, 3.8) is 0 Å². The highest BCUT2D eigenvalue weighted by molar-refractivity contribution is 5.44. The molecule has 66 valence electrons. The first-order valence-electron chi connectivity index (χ1n) is 3.09. The maximum absolute atomic E-state index is 12.5. The van der Waals surface area contributed by atoms with E-state index in [1.54, 1.807) is 0 Å². The van der Waals surface area contributed by atoms with E-state index in [0.29, 0.717) is 0 Å². The number of hydrogen-bond acceptors (Lipinski definition) is 2. The quantitative estimate of drug-likeness (QED) is 0.701. The molecule has 0 saturated heterocycles. The Hall–Kier alpha value is -1.39. The van der Waals surface area contributed by atoms with Gasteiger partial charge in [-0.2, -0.15) is 8.78 Å². The van der Waals surface area contributed by atoms with E-state index in [0.717, 1.165) is 18.2 Å². The zero-order valence-corrected chi connectivity index (χ0v) is 5.93. The van der Waals surface area contributed by atoms with Gasteiger partial charge in [0, 0.05) is 17.8 Å². The van der Waals surface area contributed by atoms with Crippen LogP contribution in [0.2, 0.25) is 0 Å². The summed E-state index contributed by atoms with van der Waals surface area (Å²) in [6.45, 7) is -2.97. The van der Waals surface area contributed by atoms with E-state index in [2.05, 4.69) is 4.74 Å². The fraction of sp³-hybridized carbons (Fsp3) is 0.143. The summed E-state index contributed by atoms with van der Waals surface area (Å²) in [5.74, 6) is -0.979. The highest BCUT2D eigenvalue weighted by Gasteiger charge is 2.05. The summed E-state index contributed by atoms with van der Waals surface area (Å²) in [7, 11) is 0. The fourth-order valence-corrected chi connectivity index (χ4v) is 0.755. The number of ether oxygens (including phenoxy) is 1. The third kappa shape index (κ3) is 2.34. The molecule has 0 fully saturated rings. The van der Waals surface area contributed by atoms with Crippen LogP contribution in [0.4, 0.5) is 18.9 Å². The summed E-state index contributed by atoms with van der Waals surface area (Å²) in [6.07, 6.45) is 0. The first-order chi connectivity index (χ1) is 5.58. The lowest BCUT2D eigenvalue weighted by molar-refractivity contribution is -0.0499. The number of anilines is 1. The Kier molecular flexibility index (Phi) is 2.42. The molecule has 1 aromatic carbocycles. The smallest absolute Gasteiger partial charge is 0.387 e. The van der Waals surface area contributed by atoms with E-state index in [4.69, 9.17) is 5.73 Å². The molecule has 5 heteroatoms. The van der Waals surface area contributed by atoms with Gasteiger partial charge in [0.2, 0.25) is 0 Å². The lowest BCUT2D eigenvalue weighted by atomic mass is 10.3. The summed E-state index contributed by atoms with van der Waals surface area (Å²) in [4.78, 5) is 0. The molecule has 0 saturated carbocycles. The number of hydrogen-bond donors (Lipinski definition) is 1. The molecule has 1 rings (SSSR count). The van der Waals surface area contributed by atoms with Crippen LogP contribution in [0, 0.1) is 5.82 Å². The Morgan fingerprint density at radius 1 is 1.25 bits per heavy atom. The van der Waals surface area contributed by atoms with E-state index in [9.17, 15) is 13.2 Å². The molecule has 0 bridgehead atoms. The van der Waals surface area contributed by atoms with Crippen molar-refractivity contribution < 1.29 is 17.9 Å². The van der Waals surface area contributed by atoms with E-state index >= 15 is 0 Å². The molecule has 0 aliphatic carbocycles. The maximum Gasteiger partial charge on any atom is 0.387 e. The second-order valence-electron chi connectivity index (χ2n) is 2.10. The summed E-state index contributed by atoms with van der Waals surface area (Å²) in [6, 6.07) is 2.97. The summed E-state index contributed by atoms with van der Waals surface area (Å²) in [5.41, 5.74) is 5.22. The van der Waals surface area contributed by atoms with E-state index < -0.39 is 12.4 Å². The van der Waals surface area contributed by atoms with E-state index in [1.165, 1.54) is 0 Å². The van der Waals surface area contributed by atoms with Crippen molar-refractivity contribution >= 4 is 5.69 Å². The van der Waals surface area contributed by atoms with E-state index in [1.807, 2.05) is 0 Å². The van der Waals surface area contributed by atoms with Gasteiger partial charge in [0.15, 0.2) is 0 Å². The van der Waals surface area contributed by atoms with Gasteiger partial charge < -0.3 is 10.5 Å². The minimum absolute atomic E-state index is 0.0469. The summed E-state index contributed by atoms with van der Waals surface area (Å²) >= 11 is 0. The van der Waals surface area contributed by atoms with Crippen LogP contribution in [0.25, 0.3) is 0 Å². The maximum atomic E-state index is 12.5. The Morgan fingerprint density at radius 2 is 1.92 bits per heavy atom. The molecule has 2 N–H and O–H groups in total. The number of rotatable bonds is 2. The monoisotopic (exact) mass is 177 g/mol. The topological polar surface area (TPSA) is 35.2 Å². The molecule has 0 unspecified atom stereocenters. The van der Waals surface area contributed by atoms with Crippen LogP contribution in [0.15, 0.2) is 18.2 Å². The van der Waals surface area contributed by atoms with Gasteiger partial charge in [0.05, 0.1) is 0 Å². The highest BCUT2D eigenvalue weighted by Crippen LogP contribution is 2.19. The van der Waals surface area contributed by atoms with Crippen molar-refractivity contribution in [3.05, 3.63) is 24.0 Å². The van der Waals surface area contributed by atoms with Gasteiger partial charge in [-0.25, -0.2) is 4.39 Å². The normalized spacial score (nSPS) is 10.3. The second-order valence-corrected chi connectivity index (χ2v) is 2.10. The van der Waals surface area contributed by atoms with Gasteiger partial charge in [-0.3, -0.25) is 0 Å². The third-order valence-electron chi connectivity index (χ3n) is 1.12. The average Bonchev–Trinajstić information content (AvgIpc) is 1.81. The van der Waals surface area contributed by atoms with Crippen LogP contribution in [0.5, 0.6) is 5.75 Å². The SMILES string of the molecule is Nc1cc(F)cc(OC(F)F)c1. The Bertz CT molecular complexity index is 257. The number of halogens is 3. The molecule has 0 radical (unpaired) electrons. The van der Waals surface area contributed by atoms with Crippen molar-refractivity contribution in [2.45, 2.75) is 6.61 Å². The van der Waals surface area contributed by atoms with Gasteiger partial charge in [-0.15, -0.1) is 0 Å². The first-order valence-corrected chi connectivity index (χ1v) is 3.09. The van der Waals surface area contributed by atoms with Crippen LogP contribution < -0.4 is 10.5 Å². The van der Waals surface area contributed by atoms with Crippen LogP contribution >= 0.6 is 0 Å². The largest absolute Gasteiger partial charge is 0.435 e. The molecule has 0 aromatic heterocycles. The fourth-order valence-electron chi connectivity index (χ4n) is 0.755.